The largest absolute Gasteiger partial charge is 0.499 e. The summed E-state index contributed by atoms with van der Waals surface area (Å²) < 4.78 is 11.7. The maximum absolute atomic E-state index is 9.90. The van der Waals surface area contributed by atoms with Crippen LogP contribution in [0.3, 0.4) is 0 Å². The zero-order valence-corrected chi connectivity index (χ0v) is 19.5. The Morgan fingerprint density at radius 3 is 2.48 bits per heavy atom. The second kappa shape index (κ2) is 10.7. The predicted molar refractivity (Wildman–Crippen MR) is 127 cm³/mol. The van der Waals surface area contributed by atoms with Crippen LogP contribution >= 0.6 is 0 Å². The lowest BCUT2D eigenvalue weighted by molar-refractivity contribution is 0.106. The number of rotatable bonds is 9. The van der Waals surface area contributed by atoms with E-state index in [0.717, 1.165) is 55.3 Å². The van der Waals surface area contributed by atoms with Crippen LogP contribution in [0.4, 0.5) is 0 Å². The molecular formula is C27H36N2O2. The molecule has 1 saturated heterocycles. The van der Waals surface area contributed by atoms with Crippen molar-refractivity contribution in [2.24, 2.45) is 5.92 Å². The molecule has 0 saturated carbocycles. The summed E-state index contributed by atoms with van der Waals surface area (Å²) in [4.78, 5) is 2.57. The number of ether oxygens (including phenoxy) is 2. The fraction of sp³-hybridized carbons (Fsp3) is 0.519. The summed E-state index contributed by atoms with van der Waals surface area (Å²) in [6.07, 6.45) is 4.20. The molecule has 0 bridgehead atoms. The van der Waals surface area contributed by atoms with E-state index in [1.807, 2.05) is 19.9 Å². The molecule has 0 N–H and O–H groups in total. The van der Waals surface area contributed by atoms with E-state index >= 15 is 0 Å². The Hall–Kier alpha value is -2.51. The topological polar surface area (TPSA) is 45.5 Å². The van der Waals surface area contributed by atoms with Gasteiger partial charge in [0.25, 0.3) is 0 Å². The van der Waals surface area contributed by atoms with Crippen LogP contribution in [-0.2, 0) is 4.74 Å². The van der Waals surface area contributed by atoms with Crippen LogP contribution in [0.25, 0.3) is 10.8 Å². The van der Waals surface area contributed by atoms with Gasteiger partial charge in [-0.05, 0) is 75.7 Å². The molecule has 4 heteroatoms. The predicted octanol–water partition coefficient (Wildman–Crippen LogP) is 6.60. The second-order valence-corrected chi connectivity index (χ2v) is 8.50. The SMILES string of the molecule is C=C(OCC)C1CCN(C(CC)c2ccc3ccc(OC(C)CC)c(C#N)c3c2)CC1. The van der Waals surface area contributed by atoms with E-state index in [2.05, 4.69) is 55.7 Å². The number of allylic oxidation sites excluding steroid dienone is 1. The fourth-order valence-corrected chi connectivity index (χ4v) is 4.58. The second-order valence-electron chi connectivity index (χ2n) is 8.50. The first-order valence-electron chi connectivity index (χ1n) is 11.7. The van der Waals surface area contributed by atoms with Gasteiger partial charge < -0.3 is 9.47 Å². The number of likely N-dealkylation sites (tertiary alicyclic amines) is 1. The van der Waals surface area contributed by atoms with Crippen molar-refractivity contribution in [2.75, 3.05) is 19.7 Å². The summed E-state index contributed by atoms with van der Waals surface area (Å²) in [5, 5.41) is 12.0. The van der Waals surface area contributed by atoms with E-state index in [1.54, 1.807) is 0 Å². The first kappa shape index (κ1) is 23.2. The lowest BCUT2D eigenvalue weighted by atomic mass is 9.91. The molecule has 1 heterocycles. The smallest absolute Gasteiger partial charge is 0.138 e. The third-order valence-electron chi connectivity index (χ3n) is 6.55. The molecule has 1 aliphatic rings. The van der Waals surface area contributed by atoms with E-state index in [9.17, 15) is 5.26 Å². The van der Waals surface area contributed by atoms with Gasteiger partial charge in [-0.1, -0.05) is 38.6 Å². The van der Waals surface area contributed by atoms with Gasteiger partial charge in [0, 0.05) is 17.3 Å². The Labute approximate surface area is 187 Å². The molecule has 3 rings (SSSR count). The van der Waals surface area contributed by atoms with Gasteiger partial charge in [-0.15, -0.1) is 0 Å². The highest BCUT2D eigenvalue weighted by Crippen LogP contribution is 2.35. The standard InChI is InChI=1S/C27H36N2O2/c1-6-19(4)31-27-12-11-22-9-10-23(17-24(22)25(27)18-28)26(7-2)29-15-13-21(14-16-29)20(5)30-8-3/h9-12,17,19,21,26H,5-8,13-16H2,1-4H3. The number of nitriles is 1. The Morgan fingerprint density at radius 1 is 1.16 bits per heavy atom. The summed E-state index contributed by atoms with van der Waals surface area (Å²) in [7, 11) is 0. The zero-order chi connectivity index (χ0) is 22.4. The highest BCUT2D eigenvalue weighted by atomic mass is 16.5. The van der Waals surface area contributed by atoms with Crippen LogP contribution in [0.5, 0.6) is 5.75 Å². The molecule has 0 spiro atoms. The lowest BCUT2D eigenvalue weighted by Gasteiger charge is -2.38. The normalized spacial score (nSPS) is 17.1. The van der Waals surface area contributed by atoms with Crippen LogP contribution in [0.2, 0.25) is 0 Å². The van der Waals surface area contributed by atoms with Gasteiger partial charge in [0.2, 0.25) is 0 Å². The Kier molecular flexibility index (Phi) is 7.98. The van der Waals surface area contributed by atoms with Crippen molar-refractivity contribution in [3.63, 3.8) is 0 Å². The first-order valence-corrected chi connectivity index (χ1v) is 11.7. The van der Waals surface area contributed by atoms with Crippen LogP contribution in [0.1, 0.15) is 70.5 Å². The molecule has 1 fully saturated rings. The van der Waals surface area contributed by atoms with Gasteiger partial charge in [0.05, 0.1) is 18.5 Å². The van der Waals surface area contributed by atoms with Crippen molar-refractivity contribution in [1.82, 2.24) is 4.90 Å². The Balaban J connectivity index is 1.85. The average molecular weight is 421 g/mol. The summed E-state index contributed by atoms with van der Waals surface area (Å²) in [6.45, 7) is 15.3. The van der Waals surface area contributed by atoms with Crippen LogP contribution in [0, 0.1) is 17.2 Å². The minimum Gasteiger partial charge on any atom is -0.499 e. The quantitative estimate of drug-likeness (QED) is 0.429. The van der Waals surface area contributed by atoms with Gasteiger partial charge in [-0.3, -0.25) is 4.90 Å². The van der Waals surface area contributed by atoms with Gasteiger partial charge in [0.1, 0.15) is 17.4 Å². The van der Waals surface area contributed by atoms with Gasteiger partial charge in [-0.25, -0.2) is 0 Å². The third-order valence-corrected chi connectivity index (χ3v) is 6.55. The molecule has 0 amide bonds. The van der Waals surface area contributed by atoms with Crippen LogP contribution in [0.15, 0.2) is 42.7 Å². The van der Waals surface area contributed by atoms with Crippen molar-refractivity contribution in [3.8, 4) is 11.8 Å². The van der Waals surface area contributed by atoms with E-state index in [-0.39, 0.29) is 6.10 Å². The van der Waals surface area contributed by atoms with E-state index in [4.69, 9.17) is 9.47 Å². The van der Waals surface area contributed by atoms with Crippen molar-refractivity contribution < 1.29 is 9.47 Å². The molecule has 2 atom stereocenters. The third kappa shape index (κ3) is 5.22. The lowest BCUT2D eigenvalue weighted by Crippen LogP contribution is -2.37. The molecule has 0 radical (unpaired) electrons. The Morgan fingerprint density at radius 2 is 1.87 bits per heavy atom. The van der Waals surface area contributed by atoms with Gasteiger partial charge >= 0.3 is 0 Å². The highest BCUT2D eigenvalue weighted by Gasteiger charge is 2.27. The molecule has 1 aliphatic heterocycles. The molecule has 2 aromatic rings. The number of fused-ring (bicyclic) bond motifs is 1. The number of hydrogen-bond donors (Lipinski definition) is 0. The summed E-state index contributed by atoms with van der Waals surface area (Å²) in [5.41, 5.74) is 1.91. The van der Waals surface area contributed by atoms with Crippen LogP contribution < -0.4 is 4.74 Å². The molecule has 2 unspecified atom stereocenters. The molecule has 2 aromatic carbocycles. The minimum absolute atomic E-state index is 0.0869. The Bertz CT molecular complexity index is 938. The molecular weight excluding hydrogens is 384 g/mol. The molecule has 0 aliphatic carbocycles. The zero-order valence-electron chi connectivity index (χ0n) is 19.5. The molecule has 166 valence electrons. The van der Waals surface area contributed by atoms with Crippen molar-refractivity contribution >= 4 is 10.8 Å². The van der Waals surface area contributed by atoms with E-state index < -0.39 is 0 Å². The number of piperidine rings is 1. The summed E-state index contributed by atoms with van der Waals surface area (Å²) in [5.74, 6) is 2.08. The van der Waals surface area contributed by atoms with Gasteiger partial charge in [-0.2, -0.15) is 5.26 Å². The van der Waals surface area contributed by atoms with Crippen molar-refractivity contribution in [3.05, 3.63) is 53.8 Å². The molecule has 31 heavy (non-hydrogen) atoms. The van der Waals surface area contributed by atoms with Crippen molar-refractivity contribution in [1.29, 1.82) is 5.26 Å². The van der Waals surface area contributed by atoms with Gasteiger partial charge in [0.15, 0.2) is 0 Å². The number of benzene rings is 2. The number of hydrogen-bond acceptors (Lipinski definition) is 4. The fourth-order valence-electron chi connectivity index (χ4n) is 4.58. The molecule has 0 aromatic heterocycles. The van der Waals surface area contributed by atoms with E-state index in [0.29, 0.717) is 29.9 Å². The maximum atomic E-state index is 9.90. The number of nitrogens with zero attached hydrogens (tertiary/aromatic N) is 2. The summed E-state index contributed by atoms with van der Waals surface area (Å²) >= 11 is 0. The van der Waals surface area contributed by atoms with E-state index in [1.165, 1.54) is 5.56 Å². The summed E-state index contributed by atoms with van der Waals surface area (Å²) in [6, 6.07) is 13.3. The maximum Gasteiger partial charge on any atom is 0.138 e. The monoisotopic (exact) mass is 420 g/mol. The highest BCUT2D eigenvalue weighted by molar-refractivity contribution is 5.90. The van der Waals surface area contributed by atoms with Crippen LogP contribution in [-0.4, -0.2) is 30.7 Å². The van der Waals surface area contributed by atoms with Crippen molar-refractivity contribution in [2.45, 2.75) is 65.5 Å². The minimum atomic E-state index is 0.0869. The molecule has 4 nitrogen and oxygen atoms in total. The first-order chi connectivity index (χ1) is 15.0. The average Bonchev–Trinajstić information content (AvgIpc) is 2.79.